The predicted molar refractivity (Wildman–Crippen MR) is 69.0 cm³/mol. The molecule has 0 aliphatic heterocycles. The van der Waals surface area contributed by atoms with Crippen LogP contribution in [0.5, 0.6) is 0 Å². The highest BCUT2D eigenvalue weighted by molar-refractivity contribution is 6.34. The Morgan fingerprint density at radius 1 is 1.33 bits per heavy atom. The Morgan fingerprint density at radius 3 is 2.56 bits per heavy atom. The normalized spacial score (nSPS) is 10.7. The molecule has 0 spiro atoms. The van der Waals surface area contributed by atoms with Crippen LogP contribution in [0.1, 0.15) is 24.2 Å². The van der Waals surface area contributed by atoms with Crippen molar-refractivity contribution in [2.24, 2.45) is 0 Å². The van der Waals surface area contributed by atoms with Crippen molar-refractivity contribution in [3.05, 3.63) is 41.4 Å². The topological polar surface area (TPSA) is 59.8 Å². The van der Waals surface area contributed by atoms with E-state index in [1.807, 2.05) is 13.8 Å². The minimum Gasteiger partial charge on any atom is -0.350 e. The molecule has 0 aliphatic carbocycles. The van der Waals surface area contributed by atoms with Gasteiger partial charge in [-0.25, -0.2) is 0 Å². The molecule has 2 aromatic rings. The molecule has 0 saturated heterocycles. The minimum atomic E-state index is -0.176. The highest BCUT2D eigenvalue weighted by Crippen LogP contribution is 2.20. The van der Waals surface area contributed by atoms with Crippen LogP contribution in [-0.4, -0.2) is 26.7 Å². The lowest BCUT2D eigenvalue weighted by molar-refractivity contribution is 0.0943. The maximum atomic E-state index is 11.8. The summed E-state index contributed by atoms with van der Waals surface area (Å²) in [6.07, 6.45) is 3.14. The second kappa shape index (κ2) is 5.18. The van der Waals surface area contributed by atoms with Crippen LogP contribution in [0.3, 0.4) is 0 Å². The van der Waals surface area contributed by atoms with E-state index in [0.717, 1.165) is 5.69 Å². The number of carbonyl (C=O) groups excluding carboxylic acids is 1. The smallest absolute Gasteiger partial charge is 0.252 e. The summed E-state index contributed by atoms with van der Waals surface area (Å²) in [4.78, 5) is 11.8. The third-order valence-electron chi connectivity index (χ3n) is 2.33. The van der Waals surface area contributed by atoms with Crippen LogP contribution in [0.25, 0.3) is 5.69 Å². The quantitative estimate of drug-likeness (QED) is 0.923. The molecule has 2 rings (SSSR count). The summed E-state index contributed by atoms with van der Waals surface area (Å²) in [5.74, 6) is -0.176. The molecule has 1 heterocycles. The molecule has 1 aromatic heterocycles. The summed E-state index contributed by atoms with van der Waals surface area (Å²) >= 11 is 6.11. The zero-order chi connectivity index (χ0) is 13.1. The van der Waals surface area contributed by atoms with E-state index < -0.39 is 0 Å². The monoisotopic (exact) mass is 264 g/mol. The number of nitrogens with zero attached hydrogens (tertiary/aromatic N) is 3. The van der Waals surface area contributed by atoms with Gasteiger partial charge >= 0.3 is 0 Å². The standard InChI is InChI=1S/C12H13ClN4O/c1-8(2)16-12(18)10-4-3-9(5-11(10)13)17-6-14-15-7-17/h3-8H,1-2H3,(H,16,18). The van der Waals surface area contributed by atoms with Crippen molar-refractivity contribution in [3.8, 4) is 5.69 Å². The van der Waals surface area contributed by atoms with E-state index in [-0.39, 0.29) is 11.9 Å². The lowest BCUT2D eigenvalue weighted by atomic mass is 10.2. The molecule has 1 aromatic carbocycles. The molecular formula is C12H13ClN4O. The van der Waals surface area contributed by atoms with Gasteiger partial charge < -0.3 is 5.32 Å². The second-order valence-corrected chi connectivity index (χ2v) is 4.57. The van der Waals surface area contributed by atoms with Gasteiger partial charge in [-0.15, -0.1) is 10.2 Å². The molecule has 18 heavy (non-hydrogen) atoms. The fraction of sp³-hybridized carbons (Fsp3) is 0.250. The first-order valence-corrected chi connectivity index (χ1v) is 5.91. The average molecular weight is 265 g/mol. The molecule has 0 fully saturated rings. The average Bonchev–Trinajstić information content (AvgIpc) is 2.80. The van der Waals surface area contributed by atoms with Crippen LogP contribution in [0.4, 0.5) is 0 Å². The Balaban J connectivity index is 2.28. The van der Waals surface area contributed by atoms with Crippen LogP contribution in [-0.2, 0) is 0 Å². The van der Waals surface area contributed by atoms with Crippen LogP contribution < -0.4 is 5.32 Å². The zero-order valence-electron chi connectivity index (χ0n) is 10.1. The summed E-state index contributed by atoms with van der Waals surface area (Å²) in [7, 11) is 0. The van der Waals surface area contributed by atoms with Crippen LogP contribution in [0.2, 0.25) is 5.02 Å². The Labute approximate surface area is 110 Å². The summed E-state index contributed by atoms with van der Waals surface area (Å²) in [5, 5.41) is 10.6. The SMILES string of the molecule is CC(C)NC(=O)c1ccc(-n2cnnc2)cc1Cl. The molecule has 0 bridgehead atoms. The number of hydrogen-bond acceptors (Lipinski definition) is 3. The van der Waals surface area contributed by atoms with Gasteiger partial charge in [0.05, 0.1) is 10.6 Å². The van der Waals surface area contributed by atoms with Gasteiger partial charge in [0.1, 0.15) is 12.7 Å². The molecule has 0 unspecified atom stereocenters. The largest absolute Gasteiger partial charge is 0.350 e. The highest BCUT2D eigenvalue weighted by Gasteiger charge is 2.12. The summed E-state index contributed by atoms with van der Waals surface area (Å²) < 4.78 is 1.72. The van der Waals surface area contributed by atoms with E-state index in [4.69, 9.17) is 11.6 Å². The molecule has 0 aliphatic rings. The number of amides is 1. The first-order chi connectivity index (χ1) is 8.58. The van der Waals surface area contributed by atoms with Gasteiger partial charge in [-0.2, -0.15) is 0 Å². The van der Waals surface area contributed by atoms with Crippen molar-refractivity contribution < 1.29 is 4.79 Å². The molecule has 0 saturated carbocycles. The van der Waals surface area contributed by atoms with Crippen molar-refractivity contribution in [1.82, 2.24) is 20.1 Å². The number of nitrogens with one attached hydrogen (secondary N) is 1. The Morgan fingerprint density at radius 2 is 2.00 bits per heavy atom. The number of rotatable bonds is 3. The molecule has 94 valence electrons. The maximum absolute atomic E-state index is 11.8. The van der Waals surface area contributed by atoms with E-state index in [1.54, 1.807) is 35.4 Å². The fourth-order valence-electron chi connectivity index (χ4n) is 1.52. The summed E-state index contributed by atoms with van der Waals surface area (Å²) in [5.41, 5.74) is 1.27. The van der Waals surface area contributed by atoms with Crippen LogP contribution >= 0.6 is 11.6 Å². The first-order valence-electron chi connectivity index (χ1n) is 5.53. The molecule has 0 radical (unpaired) electrons. The van der Waals surface area contributed by atoms with Crippen LogP contribution in [0, 0.1) is 0 Å². The summed E-state index contributed by atoms with van der Waals surface area (Å²) in [6.45, 7) is 3.80. The van der Waals surface area contributed by atoms with Gasteiger partial charge in [0, 0.05) is 11.7 Å². The van der Waals surface area contributed by atoms with Crippen molar-refractivity contribution in [1.29, 1.82) is 0 Å². The molecular weight excluding hydrogens is 252 g/mol. The lowest BCUT2D eigenvalue weighted by Crippen LogP contribution is -2.30. The molecule has 6 heteroatoms. The van der Waals surface area contributed by atoms with E-state index in [0.29, 0.717) is 10.6 Å². The minimum absolute atomic E-state index is 0.0751. The van der Waals surface area contributed by atoms with Gasteiger partial charge in [-0.05, 0) is 32.0 Å². The number of aromatic nitrogens is 3. The molecule has 1 amide bonds. The maximum Gasteiger partial charge on any atom is 0.252 e. The van der Waals surface area contributed by atoms with E-state index in [1.165, 1.54) is 0 Å². The molecule has 5 nitrogen and oxygen atoms in total. The third kappa shape index (κ3) is 2.68. The van der Waals surface area contributed by atoms with Crippen molar-refractivity contribution >= 4 is 17.5 Å². The Bertz CT molecular complexity index is 551. The van der Waals surface area contributed by atoms with Gasteiger partial charge in [0.2, 0.25) is 0 Å². The van der Waals surface area contributed by atoms with Gasteiger partial charge in [0.15, 0.2) is 0 Å². The summed E-state index contributed by atoms with van der Waals surface area (Å²) in [6, 6.07) is 5.27. The van der Waals surface area contributed by atoms with Crippen LogP contribution in [0.15, 0.2) is 30.9 Å². The number of benzene rings is 1. The van der Waals surface area contributed by atoms with E-state index in [2.05, 4.69) is 15.5 Å². The Kier molecular flexibility index (Phi) is 3.62. The number of halogens is 1. The third-order valence-corrected chi connectivity index (χ3v) is 2.65. The number of carbonyl (C=O) groups is 1. The van der Waals surface area contributed by atoms with Crippen molar-refractivity contribution in [2.75, 3.05) is 0 Å². The first kappa shape index (κ1) is 12.6. The highest BCUT2D eigenvalue weighted by atomic mass is 35.5. The lowest BCUT2D eigenvalue weighted by Gasteiger charge is -2.10. The second-order valence-electron chi connectivity index (χ2n) is 4.16. The van der Waals surface area contributed by atoms with Crippen molar-refractivity contribution in [2.45, 2.75) is 19.9 Å². The number of hydrogen-bond donors (Lipinski definition) is 1. The van der Waals surface area contributed by atoms with Crippen molar-refractivity contribution in [3.63, 3.8) is 0 Å². The van der Waals surface area contributed by atoms with E-state index in [9.17, 15) is 4.79 Å². The Hall–Kier alpha value is -1.88. The predicted octanol–water partition coefficient (Wildman–Crippen LogP) is 2.06. The van der Waals surface area contributed by atoms with E-state index >= 15 is 0 Å². The van der Waals surface area contributed by atoms with Gasteiger partial charge in [0.25, 0.3) is 5.91 Å². The zero-order valence-corrected chi connectivity index (χ0v) is 10.8. The molecule has 0 atom stereocenters. The molecule has 1 N–H and O–H groups in total. The van der Waals surface area contributed by atoms with Gasteiger partial charge in [-0.3, -0.25) is 9.36 Å². The van der Waals surface area contributed by atoms with Gasteiger partial charge in [-0.1, -0.05) is 11.6 Å². The fourth-order valence-corrected chi connectivity index (χ4v) is 1.78.